The Morgan fingerprint density at radius 3 is 2.68 bits per heavy atom. The van der Waals surface area contributed by atoms with E-state index in [1.165, 1.54) is 25.3 Å². The summed E-state index contributed by atoms with van der Waals surface area (Å²) in [4.78, 5) is 12.8. The highest BCUT2D eigenvalue weighted by Gasteiger charge is 2.49. The summed E-state index contributed by atoms with van der Waals surface area (Å²) < 4.78 is 34.5. The number of carbonyl (C=O) groups excluding carboxylic acids is 1. The number of nitrogens with two attached hydrogens (primary N) is 1. The molecule has 5 N–H and O–H groups in total. The van der Waals surface area contributed by atoms with Crippen molar-refractivity contribution in [1.82, 2.24) is 10.6 Å². The van der Waals surface area contributed by atoms with E-state index in [1.807, 2.05) is 0 Å². The highest BCUT2D eigenvalue weighted by Crippen LogP contribution is 2.38. The number of benzene rings is 1. The van der Waals surface area contributed by atoms with Gasteiger partial charge in [0.05, 0.1) is 35.3 Å². The summed E-state index contributed by atoms with van der Waals surface area (Å²) in [7, 11) is -2.59. The molecule has 10 heteroatoms. The lowest BCUT2D eigenvalue weighted by molar-refractivity contribution is -0.169. The number of rotatable bonds is 4. The number of methoxy groups -OCH3 is 1. The minimum Gasteiger partial charge on any atom is -0.496 e. The van der Waals surface area contributed by atoms with E-state index in [2.05, 4.69) is 10.6 Å². The third-order valence-corrected chi connectivity index (χ3v) is 6.54. The minimum atomic E-state index is -3.98. The van der Waals surface area contributed by atoms with Gasteiger partial charge in [-0.25, -0.2) is 13.6 Å². The topological polar surface area (TPSA) is 140 Å². The standard InChI is InChI=1S/C18H27N3O6S/c1-17(11-18(27-10-15(17)22)5-7-20-8-6-18)21-16(23)13-9-12(28(19,24)25)3-4-14(13)26-2/h3-4,9,15,20,22H,5-8,10-11H2,1-2H3,(H,21,23)(H2,19,24,25)/t15-,17-/m0/s1. The molecule has 0 saturated carbocycles. The SMILES string of the molecule is COc1ccc(S(N)(=O)=O)cc1C(=O)N[C@@]1(C)CC2(CCNCC2)OC[C@@H]1O. The lowest BCUT2D eigenvalue weighted by Crippen LogP contribution is -2.65. The van der Waals surface area contributed by atoms with Crippen LogP contribution >= 0.6 is 0 Å². The molecule has 0 aromatic heterocycles. The summed E-state index contributed by atoms with van der Waals surface area (Å²) in [5, 5.41) is 21.9. The Kier molecular flexibility index (Phi) is 5.70. The maximum absolute atomic E-state index is 13.0. The van der Waals surface area contributed by atoms with Gasteiger partial charge in [-0.1, -0.05) is 0 Å². The number of amides is 1. The first kappa shape index (κ1) is 21.0. The Balaban J connectivity index is 1.88. The second-order valence-corrected chi connectivity index (χ2v) is 9.28. The quantitative estimate of drug-likeness (QED) is 0.533. The van der Waals surface area contributed by atoms with Crippen molar-refractivity contribution < 1.29 is 27.8 Å². The Hall–Kier alpha value is -1.72. The molecule has 28 heavy (non-hydrogen) atoms. The Labute approximate surface area is 164 Å². The van der Waals surface area contributed by atoms with Gasteiger partial charge in [0, 0.05) is 6.42 Å². The summed E-state index contributed by atoms with van der Waals surface area (Å²) in [6, 6.07) is 3.84. The predicted octanol–water partition coefficient (Wildman–Crippen LogP) is -0.265. The normalized spacial score (nSPS) is 27.4. The van der Waals surface area contributed by atoms with E-state index in [0.29, 0.717) is 6.42 Å². The van der Waals surface area contributed by atoms with Crippen LogP contribution < -0.4 is 20.5 Å². The number of hydrogen-bond donors (Lipinski definition) is 4. The second-order valence-electron chi connectivity index (χ2n) is 7.72. The van der Waals surface area contributed by atoms with E-state index in [0.717, 1.165) is 25.9 Å². The van der Waals surface area contributed by atoms with Crippen LogP contribution in [-0.2, 0) is 14.8 Å². The summed E-state index contributed by atoms with van der Waals surface area (Å²) >= 11 is 0. The first-order valence-electron chi connectivity index (χ1n) is 9.15. The third-order valence-electron chi connectivity index (χ3n) is 5.63. The highest BCUT2D eigenvalue weighted by molar-refractivity contribution is 7.89. The second kappa shape index (κ2) is 7.60. The first-order chi connectivity index (χ1) is 13.1. The molecule has 3 rings (SSSR count). The fourth-order valence-electron chi connectivity index (χ4n) is 3.98. The Bertz CT molecular complexity index is 853. The fourth-order valence-corrected chi connectivity index (χ4v) is 4.52. The van der Waals surface area contributed by atoms with E-state index >= 15 is 0 Å². The van der Waals surface area contributed by atoms with Crippen molar-refractivity contribution in [2.24, 2.45) is 5.14 Å². The minimum absolute atomic E-state index is 0.0355. The molecule has 2 heterocycles. The fraction of sp³-hybridized carbons (Fsp3) is 0.611. The molecule has 2 aliphatic heterocycles. The number of hydrogen-bond acceptors (Lipinski definition) is 7. The highest BCUT2D eigenvalue weighted by atomic mass is 32.2. The number of aliphatic hydroxyl groups is 1. The van der Waals surface area contributed by atoms with Gasteiger partial charge in [0.15, 0.2) is 0 Å². The van der Waals surface area contributed by atoms with Gasteiger partial charge in [0.1, 0.15) is 11.9 Å². The van der Waals surface area contributed by atoms with Crippen molar-refractivity contribution in [1.29, 1.82) is 0 Å². The molecule has 156 valence electrons. The average Bonchev–Trinajstić information content (AvgIpc) is 2.64. The summed E-state index contributed by atoms with van der Waals surface area (Å²) in [6.07, 6.45) is 1.13. The van der Waals surface area contributed by atoms with Crippen molar-refractivity contribution >= 4 is 15.9 Å². The molecule has 1 spiro atoms. The molecule has 0 bridgehead atoms. The number of aliphatic hydroxyl groups excluding tert-OH is 1. The van der Waals surface area contributed by atoms with E-state index in [9.17, 15) is 18.3 Å². The van der Waals surface area contributed by atoms with Crippen molar-refractivity contribution in [3.8, 4) is 5.75 Å². The van der Waals surface area contributed by atoms with Crippen LogP contribution in [0.1, 0.15) is 36.5 Å². The molecule has 9 nitrogen and oxygen atoms in total. The van der Waals surface area contributed by atoms with Crippen LogP contribution in [0.3, 0.4) is 0 Å². The van der Waals surface area contributed by atoms with Gasteiger partial charge in [-0.3, -0.25) is 4.79 Å². The Morgan fingerprint density at radius 1 is 1.39 bits per heavy atom. The molecule has 2 fully saturated rings. The summed E-state index contributed by atoms with van der Waals surface area (Å²) in [5.41, 5.74) is -1.30. The summed E-state index contributed by atoms with van der Waals surface area (Å²) in [6.45, 7) is 3.51. The molecule has 1 amide bonds. The molecular weight excluding hydrogens is 386 g/mol. The van der Waals surface area contributed by atoms with Crippen molar-refractivity contribution in [2.45, 2.75) is 48.3 Å². The maximum atomic E-state index is 13.0. The van der Waals surface area contributed by atoms with Crippen molar-refractivity contribution in [3.05, 3.63) is 23.8 Å². The van der Waals surface area contributed by atoms with Crippen LogP contribution in [0.15, 0.2) is 23.1 Å². The molecule has 1 aromatic carbocycles. The van der Waals surface area contributed by atoms with Crippen LogP contribution in [0.5, 0.6) is 5.75 Å². The maximum Gasteiger partial charge on any atom is 0.255 e. The van der Waals surface area contributed by atoms with Crippen LogP contribution in [-0.4, -0.2) is 63.5 Å². The van der Waals surface area contributed by atoms with Crippen LogP contribution in [0.25, 0.3) is 0 Å². The van der Waals surface area contributed by atoms with E-state index in [-0.39, 0.29) is 22.8 Å². The molecule has 0 unspecified atom stereocenters. The molecule has 1 aromatic rings. The van der Waals surface area contributed by atoms with Gasteiger partial charge >= 0.3 is 0 Å². The molecule has 2 aliphatic rings. The lowest BCUT2D eigenvalue weighted by atomic mass is 9.75. The van der Waals surface area contributed by atoms with Gasteiger partial charge in [-0.05, 0) is 51.1 Å². The number of piperidine rings is 1. The molecule has 0 aliphatic carbocycles. The molecule has 0 radical (unpaired) electrons. The third kappa shape index (κ3) is 4.15. The monoisotopic (exact) mass is 413 g/mol. The Morgan fingerprint density at radius 2 is 2.07 bits per heavy atom. The number of carbonyl (C=O) groups is 1. The van der Waals surface area contributed by atoms with E-state index in [1.54, 1.807) is 6.92 Å². The van der Waals surface area contributed by atoms with Gasteiger partial charge in [0.25, 0.3) is 5.91 Å². The van der Waals surface area contributed by atoms with E-state index in [4.69, 9.17) is 14.6 Å². The lowest BCUT2D eigenvalue weighted by Gasteiger charge is -2.50. The zero-order valence-electron chi connectivity index (χ0n) is 16.0. The van der Waals surface area contributed by atoms with Gasteiger partial charge in [-0.2, -0.15) is 0 Å². The zero-order valence-corrected chi connectivity index (χ0v) is 16.8. The van der Waals surface area contributed by atoms with Crippen molar-refractivity contribution in [3.63, 3.8) is 0 Å². The predicted molar refractivity (Wildman–Crippen MR) is 102 cm³/mol. The van der Waals surface area contributed by atoms with Crippen LogP contribution in [0.2, 0.25) is 0 Å². The number of sulfonamides is 1. The van der Waals surface area contributed by atoms with Crippen molar-refractivity contribution in [2.75, 3.05) is 26.8 Å². The van der Waals surface area contributed by atoms with Gasteiger partial charge in [0.2, 0.25) is 10.0 Å². The largest absolute Gasteiger partial charge is 0.496 e. The van der Waals surface area contributed by atoms with Gasteiger partial charge < -0.3 is 25.2 Å². The molecular formula is C18H27N3O6S. The average molecular weight is 413 g/mol. The van der Waals surface area contributed by atoms with Crippen LogP contribution in [0, 0.1) is 0 Å². The zero-order chi connectivity index (χ0) is 20.6. The summed E-state index contributed by atoms with van der Waals surface area (Å²) in [5.74, 6) is -0.332. The van der Waals surface area contributed by atoms with Gasteiger partial charge in [-0.15, -0.1) is 0 Å². The number of primary sulfonamides is 1. The smallest absolute Gasteiger partial charge is 0.255 e. The number of ether oxygens (including phenoxy) is 2. The number of nitrogens with one attached hydrogen (secondary N) is 2. The molecule has 2 saturated heterocycles. The van der Waals surface area contributed by atoms with Crippen LogP contribution in [0.4, 0.5) is 0 Å². The molecule has 2 atom stereocenters. The first-order valence-corrected chi connectivity index (χ1v) is 10.7. The van der Waals surface area contributed by atoms with E-state index < -0.39 is 33.2 Å².